The van der Waals surface area contributed by atoms with Gasteiger partial charge >= 0.3 is 0 Å². The number of ether oxygens (including phenoxy) is 2. The van der Waals surface area contributed by atoms with E-state index in [0.29, 0.717) is 26.2 Å². The highest BCUT2D eigenvalue weighted by Gasteiger charge is 2.19. The molecule has 1 aliphatic heterocycles. The summed E-state index contributed by atoms with van der Waals surface area (Å²) in [6.07, 6.45) is 1.29. The van der Waals surface area contributed by atoms with E-state index < -0.39 is 5.38 Å². The van der Waals surface area contributed by atoms with Crippen molar-refractivity contribution in [2.75, 3.05) is 19.8 Å². The van der Waals surface area contributed by atoms with Gasteiger partial charge in [-0.05, 0) is 6.42 Å². The molecule has 5 heteroatoms. The molecular weight excluding hydrogens is 206 g/mol. The Morgan fingerprint density at radius 1 is 1.57 bits per heavy atom. The minimum Gasteiger partial charge on any atom is -0.350 e. The molecule has 1 fully saturated rings. The first-order valence-electron chi connectivity index (χ1n) is 4.89. The molecule has 1 rings (SSSR count). The lowest BCUT2D eigenvalue weighted by Gasteiger charge is -2.12. The van der Waals surface area contributed by atoms with E-state index in [1.165, 1.54) is 0 Å². The summed E-state index contributed by atoms with van der Waals surface area (Å²) in [4.78, 5) is 11.3. The van der Waals surface area contributed by atoms with Crippen molar-refractivity contribution in [1.29, 1.82) is 0 Å². The molecule has 1 amide bonds. The Balaban J connectivity index is 2.13. The molecule has 1 aliphatic rings. The number of carbonyl (C=O) groups is 1. The van der Waals surface area contributed by atoms with Crippen LogP contribution in [0, 0.1) is 0 Å². The van der Waals surface area contributed by atoms with Gasteiger partial charge in [-0.25, -0.2) is 0 Å². The van der Waals surface area contributed by atoms with Crippen molar-refractivity contribution in [2.24, 2.45) is 0 Å². The Morgan fingerprint density at radius 2 is 2.21 bits per heavy atom. The van der Waals surface area contributed by atoms with Crippen LogP contribution in [0.4, 0.5) is 0 Å². The average molecular weight is 222 g/mol. The van der Waals surface area contributed by atoms with Gasteiger partial charge in [-0.2, -0.15) is 0 Å². The smallest absolute Gasteiger partial charge is 0.238 e. The fraction of sp³-hybridized carbons (Fsp3) is 0.889. The average Bonchev–Trinajstić information content (AvgIpc) is 2.67. The fourth-order valence-corrected chi connectivity index (χ4v) is 1.50. The number of amides is 1. The third-order valence-corrected chi connectivity index (χ3v) is 2.38. The van der Waals surface area contributed by atoms with Crippen molar-refractivity contribution in [3.8, 4) is 0 Å². The molecule has 4 nitrogen and oxygen atoms in total. The predicted octanol–water partition coefficient (Wildman–Crippen LogP) is 0.883. The number of hydrogen-bond donors (Lipinski definition) is 1. The van der Waals surface area contributed by atoms with E-state index in [9.17, 15) is 4.79 Å². The van der Waals surface area contributed by atoms with E-state index in [1.807, 2.05) is 6.92 Å². The highest BCUT2D eigenvalue weighted by molar-refractivity contribution is 6.30. The molecule has 1 unspecified atom stereocenters. The minimum absolute atomic E-state index is 0.146. The number of halogens is 1. The molecule has 0 aromatic heterocycles. The second-order valence-electron chi connectivity index (χ2n) is 3.17. The molecule has 0 bridgehead atoms. The summed E-state index contributed by atoms with van der Waals surface area (Å²) >= 11 is 5.82. The quantitative estimate of drug-likeness (QED) is 0.702. The van der Waals surface area contributed by atoms with E-state index >= 15 is 0 Å². The molecular formula is C9H16ClNO3. The van der Waals surface area contributed by atoms with Crippen LogP contribution in [0.2, 0.25) is 0 Å². The minimum atomic E-state index is -0.443. The van der Waals surface area contributed by atoms with Gasteiger partial charge in [-0.1, -0.05) is 13.3 Å². The Kier molecular flexibility index (Phi) is 5.22. The van der Waals surface area contributed by atoms with Gasteiger partial charge < -0.3 is 14.8 Å². The van der Waals surface area contributed by atoms with Crippen LogP contribution >= 0.6 is 11.6 Å². The van der Waals surface area contributed by atoms with E-state index in [0.717, 1.165) is 6.42 Å². The summed E-state index contributed by atoms with van der Waals surface area (Å²) < 4.78 is 10.3. The number of rotatable bonds is 5. The Bertz CT molecular complexity index is 183. The third kappa shape index (κ3) is 3.82. The molecule has 1 heterocycles. The molecule has 0 spiro atoms. The van der Waals surface area contributed by atoms with Gasteiger partial charge in [0, 0.05) is 0 Å². The summed E-state index contributed by atoms with van der Waals surface area (Å²) in [7, 11) is 0. The lowest BCUT2D eigenvalue weighted by atomic mass is 10.2. The van der Waals surface area contributed by atoms with E-state index in [-0.39, 0.29) is 12.2 Å². The number of carbonyl (C=O) groups excluding carboxylic acids is 1. The van der Waals surface area contributed by atoms with Crippen molar-refractivity contribution in [3.05, 3.63) is 0 Å². The number of hydrogen-bond acceptors (Lipinski definition) is 3. The van der Waals surface area contributed by atoms with Gasteiger partial charge in [0.1, 0.15) is 5.38 Å². The lowest BCUT2D eigenvalue weighted by molar-refractivity contribution is -0.123. The first-order chi connectivity index (χ1) is 6.74. The van der Waals surface area contributed by atoms with Crippen molar-refractivity contribution in [1.82, 2.24) is 5.32 Å². The largest absolute Gasteiger partial charge is 0.350 e. The Morgan fingerprint density at radius 3 is 2.79 bits per heavy atom. The van der Waals surface area contributed by atoms with Crippen LogP contribution in [0.1, 0.15) is 19.8 Å². The molecule has 0 aromatic carbocycles. The zero-order valence-electron chi connectivity index (χ0n) is 8.29. The van der Waals surface area contributed by atoms with Gasteiger partial charge in [0.2, 0.25) is 5.91 Å². The van der Waals surface area contributed by atoms with Gasteiger partial charge in [0.25, 0.3) is 0 Å². The first-order valence-corrected chi connectivity index (χ1v) is 5.32. The van der Waals surface area contributed by atoms with Crippen molar-refractivity contribution in [2.45, 2.75) is 31.4 Å². The molecule has 1 N–H and O–H groups in total. The maximum absolute atomic E-state index is 11.3. The normalized spacial score (nSPS) is 19.6. The SMILES string of the molecule is CCCC(Cl)C(=O)NCC1OCCO1. The van der Waals surface area contributed by atoms with Crippen LogP contribution in [0.5, 0.6) is 0 Å². The van der Waals surface area contributed by atoms with Gasteiger partial charge in [0.05, 0.1) is 19.8 Å². The summed E-state index contributed by atoms with van der Waals surface area (Å²) in [5, 5.41) is 2.25. The van der Waals surface area contributed by atoms with Crippen LogP contribution in [0.15, 0.2) is 0 Å². The summed E-state index contributed by atoms with van der Waals surface area (Å²) in [6, 6.07) is 0. The molecule has 14 heavy (non-hydrogen) atoms. The van der Waals surface area contributed by atoms with Gasteiger partial charge in [0.15, 0.2) is 6.29 Å². The van der Waals surface area contributed by atoms with Crippen LogP contribution in [0.3, 0.4) is 0 Å². The third-order valence-electron chi connectivity index (χ3n) is 1.96. The molecule has 82 valence electrons. The summed E-state index contributed by atoms with van der Waals surface area (Å²) in [6.45, 7) is 3.57. The zero-order valence-corrected chi connectivity index (χ0v) is 9.05. The van der Waals surface area contributed by atoms with Crippen LogP contribution in [0.25, 0.3) is 0 Å². The standard InChI is InChI=1S/C9H16ClNO3/c1-2-3-7(10)9(12)11-6-8-13-4-5-14-8/h7-8H,2-6H2,1H3,(H,11,12). The van der Waals surface area contributed by atoms with Crippen LogP contribution < -0.4 is 5.32 Å². The molecule has 0 radical (unpaired) electrons. The highest BCUT2D eigenvalue weighted by atomic mass is 35.5. The lowest BCUT2D eigenvalue weighted by Crippen LogP contribution is -2.37. The monoisotopic (exact) mass is 221 g/mol. The number of alkyl halides is 1. The maximum Gasteiger partial charge on any atom is 0.238 e. The van der Waals surface area contributed by atoms with E-state index in [4.69, 9.17) is 21.1 Å². The van der Waals surface area contributed by atoms with Crippen molar-refractivity contribution in [3.63, 3.8) is 0 Å². The molecule has 0 aromatic rings. The second kappa shape index (κ2) is 6.22. The fourth-order valence-electron chi connectivity index (χ4n) is 1.20. The predicted molar refractivity (Wildman–Crippen MR) is 53.3 cm³/mol. The molecule has 0 saturated carbocycles. The second-order valence-corrected chi connectivity index (χ2v) is 3.70. The first kappa shape index (κ1) is 11.8. The topological polar surface area (TPSA) is 47.6 Å². The Labute approximate surface area is 88.9 Å². The van der Waals surface area contributed by atoms with Gasteiger partial charge in [-0.15, -0.1) is 11.6 Å². The molecule has 1 atom stereocenters. The summed E-state index contributed by atoms with van der Waals surface area (Å²) in [5.74, 6) is -0.146. The van der Waals surface area contributed by atoms with Crippen LogP contribution in [-0.4, -0.2) is 37.3 Å². The van der Waals surface area contributed by atoms with Crippen molar-refractivity contribution >= 4 is 17.5 Å². The van der Waals surface area contributed by atoms with E-state index in [1.54, 1.807) is 0 Å². The number of nitrogens with one attached hydrogen (secondary N) is 1. The zero-order chi connectivity index (χ0) is 10.4. The molecule has 1 saturated heterocycles. The Hall–Kier alpha value is -0.320. The van der Waals surface area contributed by atoms with Gasteiger partial charge in [-0.3, -0.25) is 4.79 Å². The van der Waals surface area contributed by atoms with Crippen LogP contribution in [-0.2, 0) is 14.3 Å². The van der Waals surface area contributed by atoms with Crippen molar-refractivity contribution < 1.29 is 14.3 Å². The maximum atomic E-state index is 11.3. The highest BCUT2D eigenvalue weighted by Crippen LogP contribution is 2.06. The van der Waals surface area contributed by atoms with E-state index in [2.05, 4.69) is 5.32 Å². The summed E-state index contributed by atoms with van der Waals surface area (Å²) in [5.41, 5.74) is 0. The molecule has 0 aliphatic carbocycles.